The Bertz CT molecular complexity index is 1490. The van der Waals surface area contributed by atoms with Crippen LogP contribution in [0.2, 0.25) is 0 Å². The van der Waals surface area contributed by atoms with E-state index in [0.717, 1.165) is 28.7 Å². The fraction of sp³-hybridized carbons (Fsp3) is 0.400. The Balaban J connectivity index is 1.61. The molecule has 11 heteroatoms. The van der Waals surface area contributed by atoms with Gasteiger partial charge in [-0.15, -0.1) is 0 Å². The number of fused-ring (bicyclic) bond motifs is 2. The molecule has 2 heterocycles. The van der Waals surface area contributed by atoms with Crippen LogP contribution in [0.3, 0.4) is 0 Å². The number of benzene rings is 2. The van der Waals surface area contributed by atoms with E-state index in [4.69, 9.17) is 16.5 Å². The number of nitrogens with two attached hydrogens (primary N) is 2. The number of aromatic nitrogens is 3. The fourth-order valence-electron chi connectivity index (χ4n) is 6.33. The Morgan fingerprint density at radius 2 is 1.73 bits per heavy atom. The molecule has 11 nitrogen and oxygen atoms in total. The highest BCUT2D eigenvalue weighted by Crippen LogP contribution is 2.47. The summed E-state index contributed by atoms with van der Waals surface area (Å²) in [7, 11) is 0. The number of aryl methyl sites for hydroxylation is 3. The summed E-state index contributed by atoms with van der Waals surface area (Å²) in [5, 5.41) is 20.4. The summed E-state index contributed by atoms with van der Waals surface area (Å²) in [4.78, 5) is 43.7. The minimum Gasteiger partial charge on any atom is -0.366 e. The van der Waals surface area contributed by atoms with Gasteiger partial charge in [-0.05, 0) is 92.5 Å². The van der Waals surface area contributed by atoms with Crippen LogP contribution in [0.25, 0.3) is 0 Å². The molecule has 0 radical (unpaired) electrons. The van der Waals surface area contributed by atoms with E-state index in [-0.39, 0.29) is 24.5 Å². The SMILES string of the molecule is Cc1nc(C2(C[C@@H](C)NCC(=O)N3CCCC3C#N)c3ccc(C(N)=O)cc3CCc3cc(C(N)=O)ccc32)n[nH]1. The minimum absolute atomic E-state index is 0.0867. The lowest BCUT2D eigenvalue weighted by Gasteiger charge is -2.37. The second kappa shape index (κ2) is 11.1. The first-order valence-electron chi connectivity index (χ1n) is 13.8. The monoisotopic (exact) mass is 554 g/mol. The van der Waals surface area contributed by atoms with E-state index in [1.54, 1.807) is 17.0 Å². The van der Waals surface area contributed by atoms with Crippen LogP contribution < -0.4 is 16.8 Å². The van der Waals surface area contributed by atoms with Crippen molar-refractivity contribution in [2.24, 2.45) is 11.5 Å². The zero-order valence-electron chi connectivity index (χ0n) is 23.2. The molecule has 5 rings (SSSR count). The number of carbonyl (C=O) groups is 3. The van der Waals surface area contributed by atoms with Crippen molar-refractivity contribution in [2.75, 3.05) is 13.1 Å². The van der Waals surface area contributed by atoms with Gasteiger partial charge in [-0.3, -0.25) is 19.5 Å². The molecule has 2 aliphatic rings. The minimum atomic E-state index is -0.892. The van der Waals surface area contributed by atoms with Crippen LogP contribution in [0.4, 0.5) is 0 Å². The zero-order chi connectivity index (χ0) is 29.3. The van der Waals surface area contributed by atoms with Crippen molar-refractivity contribution in [2.45, 2.75) is 63.5 Å². The molecule has 0 bridgehead atoms. The Morgan fingerprint density at radius 1 is 1.12 bits per heavy atom. The molecule has 2 aromatic carbocycles. The van der Waals surface area contributed by atoms with Gasteiger partial charge in [-0.2, -0.15) is 10.4 Å². The van der Waals surface area contributed by atoms with E-state index in [1.165, 1.54) is 0 Å². The number of aromatic amines is 1. The molecule has 1 aliphatic heterocycles. The summed E-state index contributed by atoms with van der Waals surface area (Å²) in [6.45, 7) is 4.50. The van der Waals surface area contributed by atoms with E-state index in [0.29, 0.717) is 55.0 Å². The van der Waals surface area contributed by atoms with Crippen molar-refractivity contribution in [3.8, 4) is 6.07 Å². The van der Waals surface area contributed by atoms with Crippen molar-refractivity contribution >= 4 is 17.7 Å². The number of hydrogen-bond acceptors (Lipinski definition) is 7. The largest absolute Gasteiger partial charge is 0.366 e. The van der Waals surface area contributed by atoms with Gasteiger partial charge >= 0.3 is 0 Å². The van der Waals surface area contributed by atoms with E-state index in [1.807, 2.05) is 38.1 Å². The molecule has 3 amide bonds. The van der Waals surface area contributed by atoms with Gasteiger partial charge in [-0.25, -0.2) is 4.98 Å². The number of amides is 3. The first-order chi connectivity index (χ1) is 19.6. The molecule has 1 unspecified atom stereocenters. The maximum absolute atomic E-state index is 13.0. The predicted octanol–water partition coefficient (Wildman–Crippen LogP) is 1.63. The van der Waals surface area contributed by atoms with Gasteiger partial charge in [0.05, 0.1) is 18.0 Å². The summed E-state index contributed by atoms with van der Waals surface area (Å²) in [6.07, 6.45) is 3.18. The molecule has 3 aromatic rings. The smallest absolute Gasteiger partial charge is 0.248 e. The maximum Gasteiger partial charge on any atom is 0.248 e. The quantitative estimate of drug-likeness (QED) is 0.326. The molecule has 1 aromatic heterocycles. The van der Waals surface area contributed by atoms with Crippen LogP contribution in [0.1, 0.15) is 80.8 Å². The lowest BCUT2D eigenvalue weighted by Crippen LogP contribution is -2.45. The summed E-state index contributed by atoms with van der Waals surface area (Å²) in [5.74, 6) is 0.0402. The third-order valence-electron chi connectivity index (χ3n) is 8.28. The van der Waals surface area contributed by atoms with Gasteiger partial charge < -0.3 is 21.7 Å². The van der Waals surface area contributed by atoms with Gasteiger partial charge in [0.2, 0.25) is 17.7 Å². The Kier molecular flexibility index (Phi) is 7.60. The van der Waals surface area contributed by atoms with Crippen LogP contribution in [0.15, 0.2) is 36.4 Å². The van der Waals surface area contributed by atoms with Gasteiger partial charge in [0.25, 0.3) is 0 Å². The Morgan fingerprint density at radius 3 is 2.24 bits per heavy atom. The molecule has 6 N–H and O–H groups in total. The fourth-order valence-corrected chi connectivity index (χ4v) is 6.33. The number of nitriles is 1. The third-order valence-corrected chi connectivity index (χ3v) is 8.28. The van der Waals surface area contributed by atoms with Crippen molar-refractivity contribution < 1.29 is 14.4 Å². The Labute approximate surface area is 238 Å². The van der Waals surface area contributed by atoms with Crippen LogP contribution in [-0.2, 0) is 23.1 Å². The highest BCUT2D eigenvalue weighted by Gasteiger charge is 2.45. The number of primary amides is 2. The number of H-pyrrole nitrogens is 1. The molecule has 41 heavy (non-hydrogen) atoms. The summed E-state index contributed by atoms with van der Waals surface area (Å²) >= 11 is 0. The molecule has 1 fully saturated rings. The molecule has 2 atom stereocenters. The Hall–Kier alpha value is -4.56. The number of likely N-dealkylation sites (tertiary alicyclic amines) is 1. The first kappa shape index (κ1) is 28.0. The number of nitrogens with zero attached hydrogens (tertiary/aromatic N) is 4. The van der Waals surface area contributed by atoms with Crippen LogP contribution in [0.5, 0.6) is 0 Å². The molecular formula is C30H34N8O3. The van der Waals surface area contributed by atoms with Crippen molar-refractivity contribution in [3.63, 3.8) is 0 Å². The second-order valence-electron chi connectivity index (χ2n) is 11.0. The normalized spacial score (nSPS) is 18.1. The highest BCUT2D eigenvalue weighted by molar-refractivity contribution is 5.94. The summed E-state index contributed by atoms with van der Waals surface area (Å²) < 4.78 is 0. The van der Waals surface area contributed by atoms with Crippen molar-refractivity contribution in [1.82, 2.24) is 25.4 Å². The van der Waals surface area contributed by atoms with Crippen LogP contribution >= 0.6 is 0 Å². The highest BCUT2D eigenvalue weighted by atomic mass is 16.2. The average molecular weight is 555 g/mol. The average Bonchev–Trinajstić information content (AvgIpc) is 3.60. The molecule has 0 saturated carbocycles. The first-order valence-corrected chi connectivity index (χ1v) is 13.8. The van der Waals surface area contributed by atoms with Gasteiger partial charge in [0, 0.05) is 23.7 Å². The van der Waals surface area contributed by atoms with Crippen molar-refractivity contribution in [3.05, 3.63) is 81.4 Å². The third kappa shape index (κ3) is 5.18. The number of nitrogens with one attached hydrogen (secondary N) is 2. The predicted molar refractivity (Wildman–Crippen MR) is 151 cm³/mol. The number of hydrogen-bond donors (Lipinski definition) is 4. The number of carbonyl (C=O) groups excluding carboxylic acids is 3. The van der Waals surface area contributed by atoms with E-state index < -0.39 is 17.2 Å². The van der Waals surface area contributed by atoms with Crippen LogP contribution in [0, 0.1) is 18.3 Å². The van der Waals surface area contributed by atoms with Gasteiger partial charge in [0.15, 0.2) is 5.82 Å². The molecular weight excluding hydrogens is 520 g/mol. The molecule has 212 valence electrons. The van der Waals surface area contributed by atoms with Crippen LogP contribution in [-0.4, -0.2) is 63.0 Å². The lowest BCUT2D eigenvalue weighted by atomic mass is 9.67. The van der Waals surface area contributed by atoms with Crippen molar-refractivity contribution in [1.29, 1.82) is 5.26 Å². The standard InChI is InChI=1S/C30H34N8O3/c1-17(34-16-26(39)38-11-3-4-23(38)15-31)14-30(29-35-18(2)36-37-29)24-9-7-21(27(32)40)12-19(24)5-6-20-13-22(28(33)41)8-10-25(20)30/h7-10,12-13,17,23,34H,3-6,11,14,16H2,1-2H3,(H2,32,40)(H2,33,41)(H,35,36,37)/t17-,23?/m1/s1. The van der Waals surface area contributed by atoms with Gasteiger partial charge in [-0.1, -0.05) is 12.1 Å². The molecule has 1 saturated heterocycles. The van der Waals surface area contributed by atoms with E-state index in [2.05, 4.69) is 21.6 Å². The van der Waals surface area contributed by atoms with E-state index >= 15 is 0 Å². The lowest BCUT2D eigenvalue weighted by molar-refractivity contribution is -0.130. The van der Waals surface area contributed by atoms with E-state index in [9.17, 15) is 19.6 Å². The summed E-state index contributed by atoms with van der Waals surface area (Å²) in [6, 6.07) is 12.5. The van der Waals surface area contributed by atoms with Gasteiger partial charge in [0.1, 0.15) is 11.9 Å². The maximum atomic E-state index is 13.0. The number of rotatable bonds is 8. The topological polar surface area (TPSA) is 184 Å². The summed E-state index contributed by atoms with van der Waals surface area (Å²) in [5.41, 5.74) is 14.9. The zero-order valence-corrected chi connectivity index (χ0v) is 23.2. The molecule has 1 aliphatic carbocycles. The molecule has 0 spiro atoms. The second-order valence-corrected chi connectivity index (χ2v) is 11.0.